The van der Waals surface area contributed by atoms with Gasteiger partial charge in [0.15, 0.2) is 0 Å². The summed E-state index contributed by atoms with van der Waals surface area (Å²) in [5.74, 6) is -1.80. The van der Waals surface area contributed by atoms with E-state index in [2.05, 4.69) is 20.0 Å². The van der Waals surface area contributed by atoms with Crippen molar-refractivity contribution < 1.29 is 19.4 Å². The third-order valence-corrected chi connectivity index (χ3v) is 3.03. The van der Waals surface area contributed by atoms with Crippen molar-refractivity contribution in [3.63, 3.8) is 0 Å². The summed E-state index contributed by atoms with van der Waals surface area (Å²) in [6.45, 7) is 1.49. The summed E-state index contributed by atoms with van der Waals surface area (Å²) in [5, 5.41) is 12.1. The third kappa shape index (κ3) is 3.86. The number of hydrogen-bond acceptors (Lipinski definition) is 6. The number of ether oxygens (including phenoxy) is 1. The average Bonchev–Trinajstić information content (AvgIpc) is 2.56. The van der Waals surface area contributed by atoms with Crippen LogP contribution < -0.4 is 10.9 Å². The summed E-state index contributed by atoms with van der Waals surface area (Å²) in [5.41, 5.74) is -0.921. The quantitative estimate of drug-likeness (QED) is 0.561. The molecule has 0 unspecified atom stereocenters. The van der Waals surface area contributed by atoms with Crippen molar-refractivity contribution in [1.82, 2.24) is 15.3 Å². The van der Waals surface area contributed by atoms with Crippen molar-refractivity contribution in [2.24, 2.45) is 0 Å². The number of carbonyl (C=O) groups excluding carboxylic acids is 2. The molecule has 0 spiro atoms. The predicted molar refractivity (Wildman–Crippen MR) is 85.2 cm³/mol. The Kier molecular flexibility index (Phi) is 5.10. The molecule has 1 heterocycles. The van der Waals surface area contributed by atoms with Crippen molar-refractivity contribution in [3.05, 3.63) is 63.3 Å². The molecule has 1 aromatic carbocycles. The van der Waals surface area contributed by atoms with Crippen LogP contribution in [0.5, 0.6) is 5.88 Å². The van der Waals surface area contributed by atoms with Crippen LogP contribution in [0, 0.1) is 6.92 Å². The molecule has 0 atom stereocenters. The van der Waals surface area contributed by atoms with E-state index in [1.54, 1.807) is 30.3 Å². The van der Waals surface area contributed by atoms with Gasteiger partial charge in [0.25, 0.3) is 11.5 Å². The van der Waals surface area contributed by atoms with Gasteiger partial charge in [-0.3, -0.25) is 9.59 Å². The largest absolute Gasteiger partial charge is 0.493 e. The number of aromatic hydroxyl groups is 1. The molecule has 124 valence electrons. The van der Waals surface area contributed by atoms with E-state index in [0.29, 0.717) is 5.56 Å². The number of carbonyl (C=O) groups is 2. The fourth-order valence-corrected chi connectivity index (χ4v) is 1.89. The number of esters is 1. The number of nitrogens with one attached hydrogen (secondary N) is 2. The second-order valence-corrected chi connectivity index (χ2v) is 4.76. The third-order valence-electron chi connectivity index (χ3n) is 3.03. The highest BCUT2D eigenvalue weighted by atomic mass is 16.5. The van der Waals surface area contributed by atoms with Crippen LogP contribution in [0.15, 0.2) is 40.8 Å². The first kappa shape index (κ1) is 16.9. The van der Waals surface area contributed by atoms with Gasteiger partial charge in [-0.05, 0) is 25.1 Å². The first-order chi connectivity index (χ1) is 11.4. The summed E-state index contributed by atoms with van der Waals surface area (Å²) >= 11 is 0. The molecule has 0 radical (unpaired) electrons. The summed E-state index contributed by atoms with van der Waals surface area (Å²) in [7, 11) is 1.13. The van der Waals surface area contributed by atoms with Crippen LogP contribution in [0.3, 0.4) is 0 Å². The second-order valence-electron chi connectivity index (χ2n) is 4.76. The van der Waals surface area contributed by atoms with E-state index in [1.807, 2.05) is 0 Å². The molecule has 0 saturated heterocycles. The van der Waals surface area contributed by atoms with Crippen molar-refractivity contribution in [3.8, 4) is 5.88 Å². The Bertz CT molecular complexity index is 856. The number of H-pyrrole nitrogens is 1. The van der Waals surface area contributed by atoms with E-state index in [4.69, 9.17) is 0 Å². The smallest absolute Gasteiger partial charge is 0.354 e. The molecule has 0 fully saturated rings. The summed E-state index contributed by atoms with van der Waals surface area (Å²) < 4.78 is 4.59. The number of hydrogen-bond donors (Lipinski definition) is 3. The van der Waals surface area contributed by atoms with Crippen molar-refractivity contribution >= 4 is 18.0 Å². The number of aromatic nitrogens is 2. The van der Waals surface area contributed by atoms with Crippen LogP contribution in [0.4, 0.5) is 0 Å². The Morgan fingerprint density at radius 1 is 1.29 bits per heavy atom. The molecule has 0 aliphatic heterocycles. The Morgan fingerprint density at radius 3 is 2.54 bits per heavy atom. The molecule has 0 bridgehead atoms. The molecule has 2 aromatic rings. The molecular weight excluding hydrogens is 314 g/mol. The van der Waals surface area contributed by atoms with Gasteiger partial charge >= 0.3 is 5.97 Å². The lowest BCUT2D eigenvalue weighted by Crippen LogP contribution is -2.28. The normalized spacial score (nSPS) is 11.0. The highest BCUT2D eigenvalue weighted by Gasteiger charge is 2.17. The lowest BCUT2D eigenvalue weighted by molar-refractivity contribution is -0.136. The van der Waals surface area contributed by atoms with Crippen molar-refractivity contribution in [2.75, 3.05) is 7.11 Å². The molecule has 0 aliphatic rings. The maximum Gasteiger partial charge on any atom is 0.354 e. The lowest BCUT2D eigenvalue weighted by atomic mass is 10.2. The standard InChI is InChI=1S/C16H15N3O5/c1-9-17-14(21)11(15(22)18-9)8-12(16(23)24-2)19-13(20)10-6-4-3-5-7-10/h3-8H,1-2H3,(H,19,20)(H2,17,18,21,22)/b12-8+. The Morgan fingerprint density at radius 2 is 1.96 bits per heavy atom. The van der Waals surface area contributed by atoms with E-state index in [9.17, 15) is 19.5 Å². The Balaban J connectivity index is 2.41. The van der Waals surface area contributed by atoms with Gasteiger partial charge in [-0.2, -0.15) is 0 Å². The zero-order chi connectivity index (χ0) is 17.7. The number of aryl methyl sites for hydroxylation is 1. The van der Waals surface area contributed by atoms with Gasteiger partial charge in [-0.15, -0.1) is 0 Å². The van der Waals surface area contributed by atoms with Gasteiger partial charge in [0.2, 0.25) is 5.88 Å². The van der Waals surface area contributed by atoms with Crippen LogP contribution in [-0.4, -0.2) is 34.1 Å². The predicted octanol–water partition coefficient (Wildman–Crippen LogP) is 0.728. The fraction of sp³-hybridized carbons (Fsp3) is 0.125. The molecular formula is C16H15N3O5. The monoisotopic (exact) mass is 329 g/mol. The first-order valence-electron chi connectivity index (χ1n) is 6.88. The van der Waals surface area contributed by atoms with Crippen LogP contribution in [0.25, 0.3) is 6.08 Å². The van der Waals surface area contributed by atoms with Crippen LogP contribution in [-0.2, 0) is 9.53 Å². The van der Waals surface area contributed by atoms with Crippen molar-refractivity contribution in [1.29, 1.82) is 0 Å². The van der Waals surface area contributed by atoms with Crippen molar-refractivity contribution in [2.45, 2.75) is 6.92 Å². The number of benzene rings is 1. The molecule has 8 nitrogen and oxygen atoms in total. The first-order valence-corrected chi connectivity index (χ1v) is 6.88. The summed E-state index contributed by atoms with van der Waals surface area (Å²) in [6.07, 6.45) is 1.01. The molecule has 1 amide bonds. The molecule has 8 heteroatoms. The Hall–Kier alpha value is -3.42. The maximum atomic E-state index is 12.2. The minimum atomic E-state index is -0.876. The molecule has 0 aliphatic carbocycles. The number of rotatable bonds is 4. The van der Waals surface area contributed by atoms with Gasteiger partial charge in [0.1, 0.15) is 17.1 Å². The van der Waals surface area contributed by atoms with Gasteiger partial charge in [-0.25, -0.2) is 9.78 Å². The summed E-state index contributed by atoms with van der Waals surface area (Å²) in [6, 6.07) is 8.18. The van der Waals surface area contributed by atoms with Gasteiger partial charge in [0, 0.05) is 5.56 Å². The van der Waals surface area contributed by atoms with E-state index in [0.717, 1.165) is 13.2 Å². The van der Waals surface area contributed by atoms with Crippen LogP contribution in [0.1, 0.15) is 21.7 Å². The van der Waals surface area contributed by atoms with E-state index in [-0.39, 0.29) is 17.1 Å². The second kappa shape index (κ2) is 7.23. The minimum Gasteiger partial charge on any atom is -0.493 e. The fourth-order valence-electron chi connectivity index (χ4n) is 1.89. The van der Waals surface area contributed by atoms with Gasteiger partial charge in [0.05, 0.1) is 7.11 Å². The van der Waals surface area contributed by atoms with Gasteiger partial charge < -0.3 is 20.1 Å². The van der Waals surface area contributed by atoms with Crippen LogP contribution >= 0.6 is 0 Å². The minimum absolute atomic E-state index is 0.211. The number of methoxy groups -OCH3 is 1. The zero-order valence-electron chi connectivity index (χ0n) is 13.0. The average molecular weight is 329 g/mol. The van der Waals surface area contributed by atoms with E-state index in [1.165, 1.54) is 6.92 Å². The molecule has 24 heavy (non-hydrogen) atoms. The number of nitrogens with zero attached hydrogens (tertiary/aromatic N) is 1. The number of amides is 1. The highest BCUT2D eigenvalue weighted by molar-refractivity contribution is 6.03. The SMILES string of the molecule is COC(=O)/C(=C\c1c(O)nc(C)[nH]c1=O)NC(=O)c1ccccc1. The van der Waals surface area contributed by atoms with E-state index >= 15 is 0 Å². The number of aromatic amines is 1. The lowest BCUT2D eigenvalue weighted by Gasteiger charge is -2.08. The zero-order valence-corrected chi connectivity index (χ0v) is 13.0. The Labute approximate surface area is 136 Å². The molecule has 1 aromatic heterocycles. The van der Waals surface area contributed by atoms with Gasteiger partial charge in [-0.1, -0.05) is 18.2 Å². The van der Waals surface area contributed by atoms with Crippen LogP contribution in [0.2, 0.25) is 0 Å². The molecule has 3 N–H and O–H groups in total. The highest BCUT2D eigenvalue weighted by Crippen LogP contribution is 2.13. The van der Waals surface area contributed by atoms with E-state index < -0.39 is 23.3 Å². The topological polar surface area (TPSA) is 121 Å². The molecule has 0 saturated carbocycles. The maximum absolute atomic E-state index is 12.2. The summed E-state index contributed by atoms with van der Waals surface area (Å²) in [4.78, 5) is 42.0. The molecule has 2 rings (SSSR count).